The van der Waals surface area contributed by atoms with Crippen LogP contribution in [0, 0.1) is 0 Å². The van der Waals surface area contributed by atoms with Crippen molar-refractivity contribution < 1.29 is 13.6 Å². The summed E-state index contributed by atoms with van der Waals surface area (Å²) >= 11 is -0.973. The number of nitrogens with one attached hydrogen (secondary N) is 1. The van der Waals surface area contributed by atoms with Gasteiger partial charge in [-0.05, 0) is 56.6 Å². The van der Waals surface area contributed by atoms with Crippen LogP contribution in [0.25, 0.3) is 27.5 Å². The zero-order valence-corrected chi connectivity index (χ0v) is 22.9. The van der Waals surface area contributed by atoms with E-state index in [-0.39, 0.29) is 24.3 Å². The van der Waals surface area contributed by atoms with Gasteiger partial charge in [0.25, 0.3) is 5.91 Å². The van der Waals surface area contributed by atoms with Crippen LogP contribution >= 0.6 is 11.3 Å². The van der Waals surface area contributed by atoms with Gasteiger partial charge < -0.3 is 9.87 Å². The highest BCUT2D eigenvalue weighted by Gasteiger charge is 2.19. The first-order valence-electron chi connectivity index (χ1n) is 12.2. The minimum Gasteiger partial charge on any atom is -0.755 e. The second-order valence-electron chi connectivity index (χ2n) is 8.41. The summed E-state index contributed by atoms with van der Waals surface area (Å²) in [6.07, 6.45) is 3.44. The van der Waals surface area contributed by atoms with Crippen LogP contribution in [0.15, 0.2) is 48.1 Å². The predicted octanol–water partition coefficient (Wildman–Crippen LogP) is 3.60. The predicted molar refractivity (Wildman–Crippen MR) is 146 cm³/mol. The van der Waals surface area contributed by atoms with E-state index in [0.29, 0.717) is 29.0 Å². The molecule has 0 saturated heterocycles. The molecule has 0 fully saturated rings. The number of carbonyl (C=O) groups is 1. The third kappa shape index (κ3) is 5.87. The molecular weight excluding hydrogens is 510 g/mol. The molecule has 0 aliphatic heterocycles. The first-order chi connectivity index (χ1) is 17.9. The van der Waals surface area contributed by atoms with E-state index in [4.69, 9.17) is 4.98 Å². The van der Waals surface area contributed by atoms with Crippen molar-refractivity contribution >= 4 is 40.0 Å². The van der Waals surface area contributed by atoms with Crippen LogP contribution in [0.2, 0.25) is 0 Å². The number of carbonyl (C=O) groups excluding carboxylic acids is 1. The summed E-state index contributed by atoms with van der Waals surface area (Å²) in [4.78, 5) is 25.9. The maximum Gasteiger partial charge on any atom is 0.251 e. The van der Waals surface area contributed by atoms with Gasteiger partial charge in [-0.25, -0.2) is 14.5 Å². The van der Waals surface area contributed by atoms with Crippen LogP contribution in [0.5, 0.6) is 0 Å². The highest BCUT2D eigenvalue weighted by Crippen LogP contribution is 2.29. The van der Waals surface area contributed by atoms with Gasteiger partial charge in [0.15, 0.2) is 5.65 Å². The molecule has 37 heavy (non-hydrogen) atoms. The van der Waals surface area contributed by atoms with Gasteiger partial charge in [-0.3, -0.25) is 18.2 Å². The van der Waals surface area contributed by atoms with Crippen molar-refractivity contribution in [3.63, 3.8) is 0 Å². The van der Waals surface area contributed by atoms with Crippen molar-refractivity contribution in [3.05, 3.63) is 53.7 Å². The van der Waals surface area contributed by atoms with E-state index < -0.39 is 11.3 Å². The number of nitrogens with zero attached hydrogens (tertiary/aromatic N) is 6. The van der Waals surface area contributed by atoms with Gasteiger partial charge in [-0.15, -0.1) is 11.3 Å². The number of rotatable bonds is 11. The van der Waals surface area contributed by atoms with Gasteiger partial charge in [-0.1, -0.05) is 19.9 Å². The quantitative estimate of drug-likeness (QED) is 0.289. The molecule has 4 aromatic rings. The van der Waals surface area contributed by atoms with Crippen LogP contribution in [-0.2, 0) is 11.3 Å². The second kappa shape index (κ2) is 11.9. The van der Waals surface area contributed by atoms with E-state index in [9.17, 15) is 13.6 Å². The molecule has 0 bridgehead atoms. The number of hydrogen-bond acceptors (Lipinski definition) is 8. The number of hydrogen-bond donors (Lipinski definition) is 1. The minimum absolute atomic E-state index is 0.153. The van der Waals surface area contributed by atoms with E-state index in [0.717, 1.165) is 28.0 Å². The lowest BCUT2D eigenvalue weighted by molar-refractivity contribution is 0.0938. The summed E-state index contributed by atoms with van der Waals surface area (Å²) in [5.74, 6) is -0.149. The zero-order chi connectivity index (χ0) is 26.5. The Kier molecular flexibility index (Phi) is 8.64. The topological polar surface area (TPSA) is 119 Å². The molecular formula is C25H30N7O3S2-. The van der Waals surface area contributed by atoms with Gasteiger partial charge in [-0.2, -0.15) is 5.10 Å². The number of anilines is 1. The van der Waals surface area contributed by atoms with Crippen molar-refractivity contribution in [2.75, 3.05) is 30.5 Å². The number of thiophene rings is 1. The summed E-state index contributed by atoms with van der Waals surface area (Å²) < 4.78 is 26.6. The number of fused-ring (bicyclic) bond motifs is 1. The lowest BCUT2D eigenvalue weighted by Gasteiger charge is -2.27. The van der Waals surface area contributed by atoms with Crippen molar-refractivity contribution in [1.29, 1.82) is 0 Å². The first kappa shape index (κ1) is 26.9. The molecule has 1 N–H and O–H groups in total. The Labute approximate surface area is 222 Å². The van der Waals surface area contributed by atoms with Gasteiger partial charge in [0.2, 0.25) is 0 Å². The molecule has 0 spiro atoms. The minimum atomic E-state index is -2.55. The number of likely N-dealkylation sites (N-methyl/N-ethyl adjacent to an activating group) is 1. The van der Waals surface area contributed by atoms with E-state index >= 15 is 0 Å². The van der Waals surface area contributed by atoms with E-state index in [1.54, 1.807) is 35.0 Å². The van der Waals surface area contributed by atoms with Gasteiger partial charge >= 0.3 is 0 Å². The lowest BCUT2D eigenvalue weighted by Crippen LogP contribution is -2.42. The normalized spacial score (nSPS) is 13.1. The standard InChI is InChI=1S/C25H31N7O3S2/c1-5-30(6-2)17(4)15-26-25(33)18-13-21(28-23(14-18)32(7-3)37(34)35)19-16-27-31-11-10-20(29-24(19)31)22-9-8-12-36-22/h8-14,16-17H,5-7,15H2,1-4H3,(H,26,33)(H,34,35)/p-1/t17-/m0/s1. The fourth-order valence-electron chi connectivity index (χ4n) is 4.19. The summed E-state index contributed by atoms with van der Waals surface area (Å²) in [5.41, 5.74) is 2.67. The Balaban J connectivity index is 1.75. The maximum atomic E-state index is 13.2. The Hall–Kier alpha value is -3.19. The molecule has 0 aliphatic rings. The van der Waals surface area contributed by atoms with Crippen LogP contribution in [0.1, 0.15) is 38.1 Å². The molecule has 10 nitrogen and oxygen atoms in total. The van der Waals surface area contributed by atoms with Crippen LogP contribution in [0.4, 0.5) is 5.82 Å². The zero-order valence-electron chi connectivity index (χ0n) is 21.2. The largest absolute Gasteiger partial charge is 0.755 e. The summed E-state index contributed by atoms with van der Waals surface area (Å²) in [7, 11) is 0. The Bertz CT molecular complexity index is 1390. The second-order valence-corrected chi connectivity index (χ2v) is 10.2. The molecule has 1 unspecified atom stereocenters. The van der Waals surface area contributed by atoms with Crippen molar-refractivity contribution in [2.45, 2.75) is 33.7 Å². The molecule has 2 atom stereocenters. The third-order valence-electron chi connectivity index (χ3n) is 6.21. The van der Waals surface area contributed by atoms with E-state index in [1.807, 2.05) is 29.8 Å². The monoisotopic (exact) mass is 540 g/mol. The third-order valence-corrected chi connectivity index (χ3v) is 7.91. The highest BCUT2D eigenvalue weighted by molar-refractivity contribution is 7.80. The van der Waals surface area contributed by atoms with Gasteiger partial charge in [0.1, 0.15) is 5.82 Å². The SMILES string of the molecule is CCN(CC)[C@@H](C)CNC(=O)c1cc(-c2cnn3ccc(-c4cccs4)nc23)nc(N(CC)S(=O)[O-])c1. The number of amides is 1. The highest BCUT2D eigenvalue weighted by atomic mass is 32.2. The average molecular weight is 541 g/mol. The molecule has 4 rings (SSSR count). The van der Waals surface area contributed by atoms with Crippen LogP contribution < -0.4 is 9.62 Å². The van der Waals surface area contributed by atoms with Gasteiger partial charge in [0.05, 0.1) is 28.0 Å². The molecule has 1 amide bonds. The van der Waals surface area contributed by atoms with Crippen molar-refractivity contribution in [3.8, 4) is 21.8 Å². The summed E-state index contributed by atoms with van der Waals surface area (Å²) in [6.45, 7) is 10.3. The maximum absolute atomic E-state index is 13.2. The van der Waals surface area contributed by atoms with E-state index in [2.05, 4.69) is 41.1 Å². The van der Waals surface area contributed by atoms with Gasteiger partial charge in [0, 0.05) is 42.2 Å². The van der Waals surface area contributed by atoms with Crippen LogP contribution in [-0.4, -0.2) is 71.4 Å². The lowest BCUT2D eigenvalue weighted by atomic mass is 10.1. The molecule has 4 aromatic heterocycles. The molecule has 4 heterocycles. The molecule has 12 heteroatoms. The molecule has 0 saturated carbocycles. The van der Waals surface area contributed by atoms with Crippen molar-refractivity contribution in [2.24, 2.45) is 0 Å². The number of aromatic nitrogens is 4. The summed E-state index contributed by atoms with van der Waals surface area (Å²) in [6, 6.07) is 9.13. The molecule has 0 aromatic carbocycles. The Morgan fingerprint density at radius 1 is 1.16 bits per heavy atom. The van der Waals surface area contributed by atoms with Crippen molar-refractivity contribution in [1.82, 2.24) is 29.8 Å². The first-order valence-corrected chi connectivity index (χ1v) is 14.1. The molecule has 0 aliphatic carbocycles. The average Bonchev–Trinajstić information content (AvgIpc) is 3.58. The fraction of sp³-hybridized carbons (Fsp3) is 0.360. The Morgan fingerprint density at radius 2 is 1.95 bits per heavy atom. The smallest absolute Gasteiger partial charge is 0.251 e. The Morgan fingerprint density at radius 3 is 2.59 bits per heavy atom. The molecule has 196 valence electrons. The van der Waals surface area contributed by atoms with E-state index in [1.165, 1.54) is 6.07 Å². The number of pyridine rings is 1. The fourth-order valence-corrected chi connectivity index (χ4v) is 5.34. The molecule has 0 radical (unpaired) electrons. The van der Waals surface area contributed by atoms with Crippen LogP contribution in [0.3, 0.4) is 0 Å². The summed E-state index contributed by atoms with van der Waals surface area (Å²) in [5, 5.41) is 9.36.